The summed E-state index contributed by atoms with van der Waals surface area (Å²) < 4.78 is 7.12. The third kappa shape index (κ3) is 4.10. The van der Waals surface area contributed by atoms with Gasteiger partial charge in [-0.3, -0.25) is 19.5 Å². The van der Waals surface area contributed by atoms with Gasteiger partial charge >= 0.3 is 0 Å². The summed E-state index contributed by atoms with van der Waals surface area (Å²) in [5.74, 6) is 0.524. The first-order valence-electron chi connectivity index (χ1n) is 11.4. The van der Waals surface area contributed by atoms with Gasteiger partial charge in [0.1, 0.15) is 5.75 Å². The van der Waals surface area contributed by atoms with E-state index < -0.39 is 0 Å². The number of aromatic nitrogens is 3. The molecule has 2 aliphatic heterocycles. The van der Waals surface area contributed by atoms with Crippen LogP contribution in [-0.4, -0.2) is 55.9 Å². The average Bonchev–Trinajstić information content (AvgIpc) is 3.27. The molecule has 5 rings (SSSR count). The Morgan fingerprint density at radius 2 is 2.00 bits per heavy atom. The second-order valence-electron chi connectivity index (χ2n) is 8.64. The Labute approximate surface area is 190 Å². The van der Waals surface area contributed by atoms with Crippen molar-refractivity contribution in [3.63, 3.8) is 0 Å². The summed E-state index contributed by atoms with van der Waals surface area (Å²) in [6.07, 6.45) is 3.29. The number of rotatable bonds is 4. The first kappa shape index (κ1) is 21.2. The molecule has 0 aliphatic carbocycles. The van der Waals surface area contributed by atoms with Gasteiger partial charge in [0.25, 0.3) is 11.5 Å². The molecule has 172 valence electrons. The molecular weight excluding hydrogens is 422 g/mol. The number of carbonyl (C=O) groups is 2. The van der Waals surface area contributed by atoms with Crippen molar-refractivity contribution in [1.82, 2.24) is 24.4 Å². The standard InChI is InChI=1S/C24H27N5O4/c1-16(30)27-12-10-19-18(14-27)24(32)29-22(25-19)13-20(26-29)21-9-5-6-11-28(21)23(31)15-33-17-7-3-2-4-8-17/h2-4,7-8,13,21,26H,5-6,9-12,14-15H2,1H3. The highest BCUT2D eigenvalue weighted by Gasteiger charge is 2.31. The van der Waals surface area contributed by atoms with E-state index in [1.54, 1.807) is 4.90 Å². The number of likely N-dealkylation sites (tertiary alicyclic amines) is 1. The molecule has 4 heterocycles. The minimum absolute atomic E-state index is 0.0336. The van der Waals surface area contributed by atoms with Crippen LogP contribution >= 0.6 is 0 Å². The van der Waals surface area contributed by atoms with E-state index >= 15 is 0 Å². The predicted molar refractivity (Wildman–Crippen MR) is 121 cm³/mol. The van der Waals surface area contributed by atoms with Crippen molar-refractivity contribution in [3.8, 4) is 5.75 Å². The number of amides is 2. The Morgan fingerprint density at radius 1 is 1.18 bits per heavy atom. The molecule has 0 saturated carbocycles. The maximum absolute atomic E-state index is 13.2. The van der Waals surface area contributed by atoms with Crippen LogP contribution in [0, 0.1) is 0 Å². The van der Waals surface area contributed by atoms with Crippen molar-refractivity contribution in [2.24, 2.45) is 0 Å². The zero-order valence-electron chi connectivity index (χ0n) is 18.6. The van der Waals surface area contributed by atoms with E-state index in [-0.39, 0.29) is 36.6 Å². The van der Waals surface area contributed by atoms with E-state index in [1.807, 2.05) is 41.3 Å². The van der Waals surface area contributed by atoms with Crippen molar-refractivity contribution >= 4 is 17.5 Å². The number of aromatic amines is 1. The van der Waals surface area contributed by atoms with E-state index in [1.165, 1.54) is 11.4 Å². The van der Waals surface area contributed by atoms with Gasteiger partial charge in [-0.15, -0.1) is 0 Å². The summed E-state index contributed by atoms with van der Waals surface area (Å²) in [5, 5.41) is 3.19. The number of H-pyrrole nitrogens is 1. The van der Waals surface area contributed by atoms with Crippen molar-refractivity contribution in [3.05, 3.63) is 63.7 Å². The minimum atomic E-state index is -0.187. The minimum Gasteiger partial charge on any atom is -0.484 e. The van der Waals surface area contributed by atoms with Crippen LogP contribution in [-0.2, 0) is 22.6 Å². The molecule has 0 spiro atoms. The number of ether oxygens (including phenoxy) is 1. The summed E-state index contributed by atoms with van der Waals surface area (Å²) in [7, 11) is 0. The lowest BCUT2D eigenvalue weighted by Crippen LogP contribution is -2.41. The Hall–Kier alpha value is -3.62. The SMILES string of the molecule is CC(=O)N1CCc2nc3cc(C4CCCCN4C(=O)COc4ccccc4)[nH]n3c(=O)c2C1. The Bertz CT molecular complexity index is 1250. The van der Waals surface area contributed by atoms with Crippen LogP contribution in [0.15, 0.2) is 41.2 Å². The van der Waals surface area contributed by atoms with Crippen LogP contribution in [0.25, 0.3) is 5.65 Å². The van der Waals surface area contributed by atoms with E-state index in [9.17, 15) is 14.4 Å². The molecule has 2 aromatic heterocycles. The second kappa shape index (κ2) is 8.73. The maximum atomic E-state index is 13.2. The van der Waals surface area contributed by atoms with Gasteiger partial charge in [0.15, 0.2) is 12.3 Å². The number of fused-ring (bicyclic) bond motifs is 2. The number of para-hydroxylation sites is 1. The number of nitrogens with one attached hydrogen (secondary N) is 1. The number of carbonyl (C=O) groups excluding carboxylic acids is 2. The maximum Gasteiger partial charge on any atom is 0.277 e. The van der Waals surface area contributed by atoms with Gasteiger partial charge in [-0.25, -0.2) is 9.50 Å². The molecule has 1 N–H and O–H groups in total. The zero-order chi connectivity index (χ0) is 22.9. The molecule has 3 aromatic rings. The molecule has 1 aromatic carbocycles. The lowest BCUT2D eigenvalue weighted by molar-refractivity contribution is -0.137. The lowest BCUT2D eigenvalue weighted by Gasteiger charge is -2.35. The summed E-state index contributed by atoms with van der Waals surface area (Å²) in [6.45, 7) is 2.96. The lowest BCUT2D eigenvalue weighted by atomic mass is 9.99. The van der Waals surface area contributed by atoms with Crippen LogP contribution < -0.4 is 10.3 Å². The molecular formula is C24H27N5O4. The van der Waals surface area contributed by atoms with Gasteiger partial charge in [-0.05, 0) is 31.4 Å². The smallest absolute Gasteiger partial charge is 0.277 e. The molecule has 1 unspecified atom stereocenters. The molecule has 9 heteroatoms. The fourth-order valence-corrected chi connectivity index (χ4v) is 4.74. The van der Waals surface area contributed by atoms with Crippen molar-refractivity contribution in [1.29, 1.82) is 0 Å². The molecule has 1 atom stereocenters. The van der Waals surface area contributed by atoms with Crippen LogP contribution in [0.3, 0.4) is 0 Å². The largest absolute Gasteiger partial charge is 0.484 e. The van der Waals surface area contributed by atoms with Crippen molar-refractivity contribution < 1.29 is 14.3 Å². The number of hydrogen-bond acceptors (Lipinski definition) is 5. The van der Waals surface area contributed by atoms with E-state index in [2.05, 4.69) is 5.10 Å². The van der Waals surface area contributed by atoms with Crippen LogP contribution in [0.2, 0.25) is 0 Å². The molecule has 1 fully saturated rings. The molecule has 0 radical (unpaired) electrons. The number of hydrogen-bond donors (Lipinski definition) is 1. The Morgan fingerprint density at radius 3 is 2.79 bits per heavy atom. The summed E-state index contributed by atoms with van der Waals surface area (Å²) in [5.41, 5.74) is 2.45. The average molecular weight is 450 g/mol. The van der Waals surface area contributed by atoms with Crippen LogP contribution in [0.1, 0.15) is 49.2 Å². The van der Waals surface area contributed by atoms with E-state index in [0.29, 0.717) is 36.5 Å². The second-order valence-corrected chi connectivity index (χ2v) is 8.64. The number of nitrogens with zero attached hydrogens (tertiary/aromatic N) is 4. The number of benzene rings is 1. The third-order valence-electron chi connectivity index (χ3n) is 6.51. The highest BCUT2D eigenvalue weighted by atomic mass is 16.5. The summed E-state index contributed by atoms with van der Waals surface area (Å²) >= 11 is 0. The topological polar surface area (TPSA) is 100 Å². The van der Waals surface area contributed by atoms with E-state index in [4.69, 9.17) is 9.72 Å². The Balaban J connectivity index is 1.41. The molecule has 2 amide bonds. The third-order valence-corrected chi connectivity index (χ3v) is 6.51. The van der Waals surface area contributed by atoms with Crippen molar-refractivity contribution in [2.45, 2.75) is 45.2 Å². The molecule has 0 bridgehead atoms. The Kier molecular flexibility index (Phi) is 5.62. The molecule has 1 saturated heterocycles. The number of piperidine rings is 1. The molecule has 9 nitrogen and oxygen atoms in total. The van der Waals surface area contributed by atoms with Crippen LogP contribution in [0.5, 0.6) is 5.75 Å². The summed E-state index contributed by atoms with van der Waals surface area (Å²) in [6, 6.07) is 11.0. The molecule has 33 heavy (non-hydrogen) atoms. The van der Waals surface area contributed by atoms with Gasteiger partial charge in [0, 0.05) is 32.5 Å². The monoisotopic (exact) mass is 449 g/mol. The van der Waals surface area contributed by atoms with Gasteiger partial charge in [-0.2, -0.15) is 0 Å². The van der Waals surface area contributed by atoms with Crippen molar-refractivity contribution in [2.75, 3.05) is 19.7 Å². The molecule has 2 aliphatic rings. The summed E-state index contributed by atoms with van der Waals surface area (Å²) in [4.78, 5) is 46.1. The highest BCUT2D eigenvalue weighted by Crippen LogP contribution is 2.31. The highest BCUT2D eigenvalue weighted by molar-refractivity contribution is 5.78. The van der Waals surface area contributed by atoms with Gasteiger partial charge in [0.2, 0.25) is 5.91 Å². The van der Waals surface area contributed by atoms with Gasteiger partial charge in [-0.1, -0.05) is 18.2 Å². The van der Waals surface area contributed by atoms with E-state index in [0.717, 1.165) is 30.7 Å². The fourth-order valence-electron chi connectivity index (χ4n) is 4.74. The van der Waals surface area contributed by atoms with Crippen LogP contribution in [0.4, 0.5) is 0 Å². The van der Waals surface area contributed by atoms with Gasteiger partial charge in [0.05, 0.1) is 29.5 Å². The quantitative estimate of drug-likeness (QED) is 0.657. The normalized spacial score (nSPS) is 18.3. The first-order valence-corrected chi connectivity index (χ1v) is 11.4. The first-order chi connectivity index (χ1) is 16.0. The van der Waals surface area contributed by atoms with Gasteiger partial charge < -0.3 is 14.5 Å². The fraction of sp³-hybridized carbons (Fsp3) is 0.417. The predicted octanol–water partition coefficient (Wildman–Crippen LogP) is 2.06. The zero-order valence-corrected chi connectivity index (χ0v) is 18.6.